The second kappa shape index (κ2) is 28.4. The lowest BCUT2D eigenvalue weighted by Gasteiger charge is -2.35. The quantitative estimate of drug-likeness (QED) is 0.0209. The maximum Gasteiger partial charge on any atom is 0.340 e. The van der Waals surface area contributed by atoms with E-state index in [9.17, 15) is 19.2 Å². The number of carbonyl (C=O) groups excluding carboxylic acids is 4. The van der Waals surface area contributed by atoms with E-state index in [1.165, 1.54) is 45.6 Å². The van der Waals surface area contributed by atoms with E-state index < -0.39 is 30.1 Å². The number of likely N-dealkylation sites (N-methyl/N-ethyl adjacent to an activating group) is 1. The normalized spacial score (nSPS) is 21.7. The highest BCUT2D eigenvalue weighted by molar-refractivity contribution is 7.79. The molecule has 1 heterocycles. The minimum absolute atomic E-state index is 0.186. The molecular formula is C47H76N6O5S. The Kier molecular flexibility index (Phi) is 24.6. The van der Waals surface area contributed by atoms with Gasteiger partial charge in [0.1, 0.15) is 18.2 Å². The minimum Gasteiger partial charge on any atom is -0.457 e. The van der Waals surface area contributed by atoms with Crippen LogP contribution in [0.25, 0.3) is 0 Å². The average molecular weight is 837 g/mol. The number of ether oxygens (including phenoxy) is 1. The molecule has 12 heteroatoms. The second-order valence-electron chi connectivity index (χ2n) is 15.9. The Bertz CT molecular complexity index is 1520. The van der Waals surface area contributed by atoms with Gasteiger partial charge in [-0.2, -0.15) is 12.6 Å². The number of anilines is 1. The van der Waals surface area contributed by atoms with Crippen LogP contribution in [0.4, 0.5) is 5.69 Å². The van der Waals surface area contributed by atoms with E-state index in [0.29, 0.717) is 29.9 Å². The molecule has 11 nitrogen and oxygen atoms in total. The smallest absolute Gasteiger partial charge is 0.340 e. The Morgan fingerprint density at radius 1 is 1.07 bits per heavy atom. The molecular weight excluding hydrogens is 761 g/mol. The number of benzene rings is 1. The molecule has 1 aromatic carbocycles. The van der Waals surface area contributed by atoms with Crippen LogP contribution >= 0.6 is 12.6 Å². The average Bonchev–Trinajstić information content (AvgIpc) is 4.07. The van der Waals surface area contributed by atoms with E-state index in [1.54, 1.807) is 24.7 Å². The first kappa shape index (κ1) is 51.1. The molecule has 330 valence electrons. The van der Waals surface area contributed by atoms with Gasteiger partial charge in [-0.1, -0.05) is 97.1 Å². The van der Waals surface area contributed by atoms with Crippen LogP contribution in [0.15, 0.2) is 60.3 Å². The molecule has 0 radical (unpaired) electrons. The van der Waals surface area contributed by atoms with Crippen LogP contribution in [-0.2, 0) is 19.1 Å². The summed E-state index contributed by atoms with van der Waals surface area (Å²) in [4.78, 5) is 57.8. The molecule has 1 aliphatic heterocycles. The van der Waals surface area contributed by atoms with Crippen LogP contribution in [-0.4, -0.2) is 86.1 Å². The number of allylic oxidation sites excluding steroid dienone is 1. The van der Waals surface area contributed by atoms with Gasteiger partial charge in [-0.15, -0.1) is 6.58 Å². The van der Waals surface area contributed by atoms with Crippen molar-refractivity contribution >= 4 is 48.8 Å². The summed E-state index contributed by atoms with van der Waals surface area (Å²) in [6.45, 7) is 19.3. The van der Waals surface area contributed by atoms with E-state index in [2.05, 4.69) is 78.0 Å². The topological polar surface area (TPSA) is 141 Å². The van der Waals surface area contributed by atoms with Gasteiger partial charge in [-0.25, -0.2) is 4.79 Å². The van der Waals surface area contributed by atoms with Gasteiger partial charge in [0.15, 0.2) is 0 Å². The fraction of sp³-hybridized carbons (Fsp3) is 0.638. The summed E-state index contributed by atoms with van der Waals surface area (Å²) in [5.41, 5.74) is 2.47. The number of amides is 3. The number of nitrogens with zero attached hydrogens (tertiary/aromatic N) is 2. The van der Waals surface area contributed by atoms with Gasteiger partial charge in [0.2, 0.25) is 18.2 Å². The molecule has 1 aromatic rings. The van der Waals surface area contributed by atoms with Crippen LogP contribution in [0.2, 0.25) is 0 Å². The van der Waals surface area contributed by atoms with E-state index >= 15 is 0 Å². The molecule has 4 fully saturated rings. The first-order chi connectivity index (χ1) is 28.6. The maximum absolute atomic E-state index is 13.8. The monoisotopic (exact) mass is 837 g/mol. The van der Waals surface area contributed by atoms with E-state index in [0.717, 1.165) is 55.4 Å². The van der Waals surface area contributed by atoms with E-state index in [4.69, 9.17) is 4.74 Å². The zero-order chi connectivity index (χ0) is 43.7. The van der Waals surface area contributed by atoms with Crippen molar-refractivity contribution in [2.75, 3.05) is 31.7 Å². The molecule has 0 bridgehead atoms. The summed E-state index contributed by atoms with van der Waals surface area (Å²) in [5, 5.41) is 11.5. The van der Waals surface area contributed by atoms with Gasteiger partial charge >= 0.3 is 5.97 Å². The molecule has 0 spiro atoms. The first-order valence-corrected chi connectivity index (χ1v) is 22.9. The number of hydrogen-bond donors (Lipinski definition) is 5. The molecule has 3 aliphatic carbocycles. The predicted molar refractivity (Wildman–Crippen MR) is 247 cm³/mol. The summed E-state index contributed by atoms with van der Waals surface area (Å²) in [7, 11) is 1.51. The molecule has 59 heavy (non-hydrogen) atoms. The van der Waals surface area contributed by atoms with Crippen LogP contribution in [0.5, 0.6) is 0 Å². The third-order valence-corrected chi connectivity index (χ3v) is 11.4. The Hall–Kier alpha value is -4.06. The molecule has 3 saturated carbocycles. The maximum atomic E-state index is 13.8. The molecule has 4 unspecified atom stereocenters. The van der Waals surface area contributed by atoms with Crippen LogP contribution in [0.3, 0.4) is 0 Å². The first-order valence-electron chi connectivity index (χ1n) is 22.0. The number of nitrogens with one attached hydrogen (secondary N) is 4. The molecule has 1 saturated heterocycles. The molecule has 3 amide bonds. The summed E-state index contributed by atoms with van der Waals surface area (Å²) in [6.07, 6.45) is 23.1. The van der Waals surface area contributed by atoms with Crippen LogP contribution in [0.1, 0.15) is 127 Å². The van der Waals surface area contributed by atoms with Crippen molar-refractivity contribution in [1.29, 1.82) is 0 Å². The van der Waals surface area contributed by atoms with Crippen molar-refractivity contribution in [3.05, 3.63) is 66.4 Å². The lowest BCUT2D eigenvalue weighted by atomic mass is 9.94. The minimum atomic E-state index is -0.810. The van der Waals surface area contributed by atoms with E-state index in [-0.39, 0.29) is 37.3 Å². The number of aliphatic imine (C=N–C) groups is 1. The number of carbonyl (C=O) groups is 4. The van der Waals surface area contributed by atoms with Crippen molar-refractivity contribution in [1.82, 2.24) is 20.9 Å². The van der Waals surface area contributed by atoms with Crippen molar-refractivity contribution < 1.29 is 23.9 Å². The Balaban J connectivity index is 0.00000107. The summed E-state index contributed by atoms with van der Waals surface area (Å²) in [5.74, 6) is 1.82. The second-order valence-corrected chi connectivity index (χ2v) is 15.9. The highest BCUT2D eigenvalue weighted by Crippen LogP contribution is 2.41. The zero-order valence-electron chi connectivity index (χ0n) is 37.1. The van der Waals surface area contributed by atoms with Crippen LogP contribution < -0.4 is 21.3 Å². The SMILES string of the molecule is C=CCC(NC(=O)C1C[C@@H](OC(=O)c2ccc(C)cc2NC=NC/C=C/CCC2CC2C)CN1C(=C)[C@@H](NC=O)C1CCCC1)C(=O)NC.CC.CCCC1CC1.CS. The van der Waals surface area contributed by atoms with E-state index in [1.807, 2.05) is 37.8 Å². The van der Waals surface area contributed by atoms with Gasteiger partial charge < -0.3 is 30.9 Å². The highest BCUT2D eigenvalue weighted by atomic mass is 32.1. The van der Waals surface area contributed by atoms with Crippen LogP contribution in [0, 0.1) is 30.6 Å². The van der Waals surface area contributed by atoms with Crippen molar-refractivity contribution in [2.24, 2.45) is 28.7 Å². The van der Waals surface area contributed by atoms with Gasteiger partial charge in [-0.05, 0) is 93.1 Å². The number of rotatable bonds is 21. The summed E-state index contributed by atoms with van der Waals surface area (Å²) in [6, 6.07) is 3.48. The largest absolute Gasteiger partial charge is 0.457 e. The van der Waals surface area contributed by atoms with Crippen molar-refractivity contribution in [3.8, 4) is 0 Å². The third-order valence-electron chi connectivity index (χ3n) is 11.4. The number of aryl methyl sites for hydroxylation is 1. The molecule has 4 N–H and O–H groups in total. The molecule has 6 atom stereocenters. The van der Waals surface area contributed by atoms with Crippen molar-refractivity contribution in [2.45, 2.75) is 142 Å². The molecule has 0 aromatic heterocycles. The van der Waals surface area contributed by atoms with Crippen molar-refractivity contribution in [3.63, 3.8) is 0 Å². The Morgan fingerprint density at radius 2 is 1.76 bits per heavy atom. The van der Waals surface area contributed by atoms with Gasteiger partial charge in [0.05, 0.1) is 36.7 Å². The standard InChI is InChI=1S/C38H54N6O5.C6H12.C2H6.CH4S/c1-6-12-32(36(46)39-5)43-37(47)34-21-30(22-44(34)27(4)35(42-24-45)28-13-9-10-14-28)49-38(48)31-17-16-25(2)19-33(31)41-23-40-18-11-7-8-15-29-20-26(29)3;1-2-3-6-4-5-6;2*1-2/h6-7,11,16-17,19,23-24,26,28-30,32,34-35H,1,4,8-10,12-15,18,20-22H2,2-3,5H3,(H,39,46)(H,40,41)(H,42,45)(H,43,47);6H,2-5H2,1H3;1-2H3;2H,1H3/b11-7+;;;/t26?,29?,30-,32?,34?,35-;;;/m1.../s1. The summed E-state index contributed by atoms with van der Waals surface area (Å²) < 4.78 is 6.05. The number of esters is 1. The van der Waals surface area contributed by atoms with Gasteiger partial charge in [-0.3, -0.25) is 19.4 Å². The number of hydrogen-bond acceptors (Lipinski definition) is 8. The fourth-order valence-electron chi connectivity index (χ4n) is 7.85. The molecule has 5 rings (SSSR count). The van der Waals surface area contributed by atoms with Gasteiger partial charge in [0, 0.05) is 19.2 Å². The Labute approximate surface area is 361 Å². The lowest BCUT2D eigenvalue weighted by Crippen LogP contribution is -2.53. The predicted octanol–water partition coefficient (Wildman–Crippen LogP) is 8.42. The summed E-state index contributed by atoms with van der Waals surface area (Å²) >= 11 is 3.53. The Morgan fingerprint density at radius 3 is 2.34 bits per heavy atom. The zero-order valence-corrected chi connectivity index (χ0v) is 38.0. The molecule has 4 aliphatic rings. The highest BCUT2D eigenvalue weighted by Gasteiger charge is 2.43. The number of thiol groups is 1. The lowest BCUT2D eigenvalue weighted by molar-refractivity contribution is -0.130. The van der Waals surface area contributed by atoms with Gasteiger partial charge in [0.25, 0.3) is 0 Å². The third kappa shape index (κ3) is 17.6. The number of likely N-dealkylation sites (tertiary alicyclic amines) is 1. The fourth-order valence-corrected chi connectivity index (χ4v) is 7.85.